The molecule has 8 nitrogen and oxygen atoms in total. The number of anilines is 2. The molecule has 0 aliphatic carbocycles. The van der Waals surface area contributed by atoms with Crippen molar-refractivity contribution >= 4 is 27.3 Å². The number of nitrogens with zero attached hydrogens (tertiary/aromatic N) is 1. The summed E-state index contributed by atoms with van der Waals surface area (Å²) in [4.78, 5) is 14.7. The summed E-state index contributed by atoms with van der Waals surface area (Å²) >= 11 is 0. The van der Waals surface area contributed by atoms with Crippen molar-refractivity contribution in [2.75, 3.05) is 49.0 Å². The van der Waals surface area contributed by atoms with Gasteiger partial charge < -0.3 is 20.3 Å². The van der Waals surface area contributed by atoms with Crippen molar-refractivity contribution in [3.8, 4) is 0 Å². The third kappa shape index (κ3) is 5.20. The third-order valence-corrected chi connectivity index (χ3v) is 7.01. The van der Waals surface area contributed by atoms with Gasteiger partial charge in [0.25, 0.3) is 15.9 Å². The second kappa shape index (κ2) is 9.85. The molecule has 2 saturated heterocycles. The van der Waals surface area contributed by atoms with E-state index < -0.39 is 20.7 Å². The number of hydrogen-bond donors (Lipinski definition) is 3. The molecule has 2 aliphatic heterocycles. The zero-order valence-corrected chi connectivity index (χ0v) is 18.5. The van der Waals surface area contributed by atoms with E-state index in [-0.39, 0.29) is 17.7 Å². The summed E-state index contributed by atoms with van der Waals surface area (Å²) in [5, 5.41) is 6.18. The van der Waals surface area contributed by atoms with Gasteiger partial charge in [0.1, 0.15) is 10.7 Å². The molecule has 2 aromatic rings. The van der Waals surface area contributed by atoms with E-state index in [1.807, 2.05) is 0 Å². The second-order valence-corrected chi connectivity index (χ2v) is 9.50. The monoisotopic (exact) mass is 462 g/mol. The molecule has 0 aromatic heterocycles. The minimum absolute atomic E-state index is 0.00988. The summed E-state index contributed by atoms with van der Waals surface area (Å²) in [5.74, 6) is -1.15. The third-order valence-electron chi connectivity index (χ3n) is 5.59. The number of rotatable bonds is 7. The minimum Gasteiger partial charge on any atom is -0.376 e. The van der Waals surface area contributed by atoms with Crippen LogP contribution in [0.15, 0.2) is 47.4 Å². The van der Waals surface area contributed by atoms with Crippen molar-refractivity contribution in [2.45, 2.75) is 23.8 Å². The van der Waals surface area contributed by atoms with Crippen molar-refractivity contribution in [3.05, 3.63) is 53.8 Å². The number of ether oxygens (including phenoxy) is 1. The molecule has 1 amide bonds. The first-order valence-corrected chi connectivity index (χ1v) is 12.2. The smallest absolute Gasteiger partial charge is 0.264 e. The molecule has 0 spiro atoms. The first-order chi connectivity index (χ1) is 15.4. The Morgan fingerprint density at radius 3 is 2.69 bits per heavy atom. The number of hydrogen-bond acceptors (Lipinski definition) is 6. The van der Waals surface area contributed by atoms with E-state index in [9.17, 15) is 17.6 Å². The van der Waals surface area contributed by atoms with Gasteiger partial charge in [0.2, 0.25) is 0 Å². The lowest BCUT2D eigenvalue weighted by Crippen LogP contribution is -2.44. The van der Waals surface area contributed by atoms with Crippen molar-refractivity contribution in [3.63, 3.8) is 0 Å². The number of nitrogens with one attached hydrogen (secondary N) is 3. The number of carbonyl (C=O) groups is 1. The Morgan fingerprint density at radius 2 is 1.97 bits per heavy atom. The Morgan fingerprint density at radius 1 is 1.19 bits per heavy atom. The maximum Gasteiger partial charge on any atom is 0.264 e. The lowest BCUT2D eigenvalue weighted by molar-refractivity contribution is 0.0858. The van der Waals surface area contributed by atoms with Gasteiger partial charge in [-0.25, -0.2) is 12.8 Å². The van der Waals surface area contributed by atoms with Crippen LogP contribution in [0.2, 0.25) is 0 Å². The van der Waals surface area contributed by atoms with Crippen molar-refractivity contribution in [1.82, 2.24) is 10.6 Å². The summed E-state index contributed by atoms with van der Waals surface area (Å²) < 4.78 is 47.4. The standard InChI is InChI=1S/C22H27FN4O4S/c23-19-5-1-2-6-21(19)32(29,30)26-16-7-8-20(27-11-9-24-10-12-27)18(14-16)22(28)25-15-17-4-3-13-31-17/h1-2,5-8,14,17,24,26H,3-4,9-13,15H2,(H,25,28)/t17-/m1/s1. The number of amides is 1. The fourth-order valence-electron chi connectivity index (χ4n) is 3.94. The second-order valence-electron chi connectivity index (χ2n) is 7.85. The largest absolute Gasteiger partial charge is 0.376 e. The molecular formula is C22H27FN4O4S. The van der Waals surface area contributed by atoms with Crippen LogP contribution in [0.4, 0.5) is 15.8 Å². The van der Waals surface area contributed by atoms with Crippen molar-refractivity contribution in [2.24, 2.45) is 0 Å². The maximum atomic E-state index is 14.0. The zero-order valence-electron chi connectivity index (χ0n) is 17.6. The number of piperazine rings is 1. The van der Waals surface area contributed by atoms with Gasteiger partial charge in [-0.05, 0) is 43.2 Å². The Labute approximate surface area is 187 Å². The van der Waals surface area contributed by atoms with E-state index in [1.54, 1.807) is 12.1 Å². The molecule has 2 fully saturated rings. The molecule has 2 aliphatic rings. The first-order valence-electron chi connectivity index (χ1n) is 10.7. The minimum atomic E-state index is -4.15. The normalized spacial score (nSPS) is 19.0. The number of carbonyl (C=O) groups excluding carboxylic acids is 1. The van der Waals surface area contributed by atoms with Crippen LogP contribution >= 0.6 is 0 Å². The Kier molecular flexibility index (Phi) is 6.92. The Hall–Kier alpha value is -2.69. The molecule has 1 atom stereocenters. The number of sulfonamides is 1. The van der Waals surface area contributed by atoms with E-state index in [0.29, 0.717) is 18.7 Å². The predicted octanol–water partition coefficient (Wildman–Crippen LogP) is 1.94. The van der Waals surface area contributed by atoms with E-state index in [1.165, 1.54) is 24.3 Å². The van der Waals surface area contributed by atoms with Crippen LogP contribution in [-0.4, -0.2) is 59.8 Å². The lowest BCUT2D eigenvalue weighted by atomic mass is 10.1. The molecule has 32 heavy (non-hydrogen) atoms. The van der Waals surface area contributed by atoms with Gasteiger partial charge in [-0.1, -0.05) is 12.1 Å². The van der Waals surface area contributed by atoms with E-state index >= 15 is 0 Å². The van der Waals surface area contributed by atoms with Gasteiger partial charge >= 0.3 is 0 Å². The molecule has 0 saturated carbocycles. The Bertz CT molecular complexity index is 1070. The number of benzene rings is 2. The summed E-state index contributed by atoms with van der Waals surface area (Å²) in [7, 11) is -4.15. The van der Waals surface area contributed by atoms with Crippen LogP contribution in [0.25, 0.3) is 0 Å². The molecule has 10 heteroatoms. The fourth-order valence-corrected chi connectivity index (χ4v) is 5.07. The molecule has 4 rings (SSSR count). The molecule has 2 aromatic carbocycles. The van der Waals surface area contributed by atoms with Crippen molar-refractivity contribution in [1.29, 1.82) is 0 Å². The summed E-state index contributed by atoms with van der Waals surface area (Å²) in [5.41, 5.74) is 1.28. The highest BCUT2D eigenvalue weighted by atomic mass is 32.2. The molecule has 3 N–H and O–H groups in total. The van der Waals surface area contributed by atoms with Gasteiger partial charge in [0.15, 0.2) is 0 Å². The van der Waals surface area contributed by atoms with Crippen molar-refractivity contribution < 1.29 is 22.3 Å². The SMILES string of the molecule is O=C(NC[C@H]1CCCO1)c1cc(NS(=O)(=O)c2ccccc2F)ccc1N1CCNCC1. The summed E-state index contributed by atoms with van der Waals surface area (Å²) in [6, 6.07) is 9.98. The molecule has 0 unspecified atom stereocenters. The lowest BCUT2D eigenvalue weighted by Gasteiger charge is -2.31. The average Bonchev–Trinajstić information content (AvgIpc) is 3.32. The van der Waals surface area contributed by atoms with Crippen LogP contribution < -0.4 is 20.3 Å². The van der Waals surface area contributed by atoms with Gasteiger partial charge in [0, 0.05) is 50.7 Å². The highest BCUT2D eigenvalue weighted by Crippen LogP contribution is 2.27. The first kappa shape index (κ1) is 22.5. The molecule has 0 bridgehead atoms. The van der Waals surface area contributed by atoms with Crippen LogP contribution in [0.5, 0.6) is 0 Å². The Balaban J connectivity index is 1.60. The van der Waals surface area contributed by atoms with E-state index in [4.69, 9.17) is 4.74 Å². The van der Waals surface area contributed by atoms with E-state index in [2.05, 4.69) is 20.3 Å². The fraction of sp³-hybridized carbons (Fsp3) is 0.409. The van der Waals surface area contributed by atoms with Gasteiger partial charge in [0.05, 0.1) is 11.7 Å². The summed E-state index contributed by atoms with van der Waals surface area (Å²) in [6.07, 6.45) is 1.86. The van der Waals surface area contributed by atoms with Crippen LogP contribution in [0, 0.1) is 5.82 Å². The van der Waals surface area contributed by atoms with Crippen LogP contribution in [0.3, 0.4) is 0 Å². The topological polar surface area (TPSA) is 99.8 Å². The van der Waals surface area contributed by atoms with Gasteiger partial charge in [-0.2, -0.15) is 0 Å². The molecule has 0 radical (unpaired) electrons. The maximum absolute atomic E-state index is 14.0. The molecule has 2 heterocycles. The predicted molar refractivity (Wildman–Crippen MR) is 120 cm³/mol. The van der Waals surface area contributed by atoms with E-state index in [0.717, 1.165) is 50.8 Å². The van der Waals surface area contributed by atoms with Gasteiger partial charge in [-0.3, -0.25) is 9.52 Å². The average molecular weight is 463 g/mol. The van der Waals surface area contributed by atoms with Crippen LogP contribution in [-0.2, 0) is 14.8 Å². The van der Waals surface area contributed by atoms with Gasteiger partial charge in [-0.15, -0.1) is 0 Å². The highest BCUT2D eigenvalue weighted by molar-refractivity contribution is 7.92. The summed E-state index contributed by atoms with van der Waals surface area (Å²) in [6.45, 7) is 4.13. The van der Waals surface area contributed by atoms with Crippen LogP contribution in [0.1, 0.15) is 23.2 Å². The molecule has 172 valence electrons. The quantitative estimate of drug-likeness (QED) is 0.582. The highest BCUT2D eigenvalue weighted by Gasteiger charge is 2.23. The zero-order chi connectivity index (χ0) is 22.6. The number of halogens is 1. The molecular weight excluding hydrogens is 435 g/mol.